The normalized spacial score (nSPS) is 14.4. The quantitative estimate of drug-likeness (QED) is 0.844. The Balaban J connectivity index is 2.51. The molecule has 18 heavy (non-hydrogen) atoms. The summed E-state index contributed by atoms with van der Waals surface area (Å²) in [6.07, 6.45) is 2.17. The van der Waals surface area contributed by atoms with Crippen LogP contribution in [-0.2, 0) is 12.1 Å². The number of hydrogen-bond acceptors (Lipinski definition) is 2. The van der Waals surface area contributed by atoms with E-state index in [0.29, 0.717) is 12.3 Å². The zero-order chi connectivity index (χ0) is 13.0. The summed E-state index contributed by atoms with van der Waals surface area (Å²) < 4.78 is 1.81. The van der Waals surface area contributed by atoms with Crippen LogP contribution in [0.15, 0.2) is 42.6 Å². The van der Waals surface area contributed by atoms with Crippen molar-refractivity contribution in [3.8, 4) is 0 Å². The molecule has 1 heterocycles. The van der Waals surface area contributed by atoms with Crippen LogP contribution in [0.4, 0.5) is 0 Å². The molecule has 0 saturated carbocycles. The molecule has 0 amide bonds. The monoisotopic (exact) mass is 264 g/mol. The van der Waals surface area contributed by atoms with E-state index in [9.17, 15) is 5.11 Å². The van der Waals surface area contributed by atoms with Crippen LogP contribution in [0, 0.1) is 0 Å². The molecule has 0 radical (unpaired) electrons. The van der Waals surface area contributed by atoms with Crippen molar-refractivity contribution in [2.75, 3.05) is 5.88 Å². The maximum Gasteiger partial charge on any atom is 0.132 e. The third kappa shape index (κ3) is 2.28. The fourth-order valence-corrected chi connectivity index (χ4v) is 2.48. The Bertz CT molecular complexity index is 498. The summed E-state index contributed by atoms with van der Waals surface area (Å²) in [5.41, 5.74) is 0.563. The van der Waals surface area contributed by atoms with E-state index in [2.05, 4.69) is 5.10 Å². The summed E-state index contributed by atoms with van der Waals surface area (Å²) >= 11 is 5.86. The molecule has 4 heteroatoms. The maximum absolute atomic E-state index is 11.0. The topological polar surface area (TPSA) is 38.0 Å². The number of halogens is 1. The Hall–Kier alpha value is -1.32. The molecule has 2 rings (SSSR count). The zero-order valence-electron chi connectivity index (χ0n) is 10.4. The Kier molecular flexibility index (Phi) is 4.04. The fourth-order valence-electron chi connectivity index (χ4n) is 2.21. The smallest absolute Gasteiger partial charge is 0.132 e. The first-order valence-corrected chi connectivity index (χ1v) is 6.62. The van der Waals surface area contributed by atoms with Crippen LogP contribution >= 0.6 is 11.6 Å². The minimum absolute atomic E-state index is 0.389. The van der Waals surface area contributed by atoms with Gasteiger partial charge in [-0.15, -0.1) is 11.6 Å². The van der Waals surface area contributed by atoms with Gasteiger partial charge in [0, 0.05) is 18.6 Å². The molecule has 0 aliphatic carbocycles. The minimum Gasteiger partial charge on any atom is -0.379 e. The molecule has 0 spiro atoms. The molecule has 1 unspecified atom stereocenters. The van der Waals surface area contributed by atoms with Gasteiger partial charge in [-0.25, -0.2) is 0 Å². The Morgan fingerprint density at radius 1 is 1.28 bits per heavy atom. The lowest BCUT2D eigenvalue weighted by Gasteiger charge is -2.28. The average molecular weight is 265 g/mol. The van der Waals surface area contributed by atoms with Gasteiger partial charge in [-0.1, -0.05) is 30.3 Å². The highest BCUT2D eigenvalue weighted by Crippen LogP contribution is 2.33. The number of nitrogens with zero attached hydrogens (tertiary/aromatic N) is 2. The number of hydrogen-bond donors (Lipinski definition) is 1. The van der Waals surface area contributed by atoms with Gasteiger partial charge < -0.3 is 5.11 Å². The summed E-state index contributed by atoms with van der Waals surface area (Å²) in [6.45, 7) is 2.72. The number of benzene rings is 1. The molecular formula is C14H17ClN2O. The average Bonchev–Trinajstić information content (AvgIpc) is 2.89. The first-order valence-electron chi connectivity index (χ1n) is 6.08. The van der Waals surface area contributed by atoms with Gasteiger partial charge in [0.25, 0.3) is 0 Å². The third-order valence-corrected chi connectivity index (χ3v) is 3.34. The second-order valence-corrected chi connectivity index (χ2v) is 4.58. The molecule has 1 atom stereocenters. The van der Waals surface area contributed by atoms with Crippen molar-refractivity contribution in [1.82, 2.24) is 9.78 Å². The van der Waals surface area contributed by atoms with Crippen molar-refractivity contribution in [3.63, 3.8) is 0 Å². The molecular weight excluding hydrogens is 248 g/mol. The minimum atomic E-state index is -1.07. The number of aliphatic hydroxyl groups is 1. The maximum atomic E-state index is 11.0. The van der Waals surface area contributed by atoms with E-state index in [-0.39, 0.29) is 0 Å². The van der Waals surface area contributed by atoms with Gasteiger partial charge >= 0.3 is 0 Å². The van der Waals surface area contributed by atoms with Crippen LogP contribution in [0.25, 0.3) is 0 Å². The number of aryl methyl sites for hydroxylation is 1. The summed E-state index contributed by atoms with van der Waals surface area (Å²) in [6, 6.07) is 11.5. The summed E-state index contributed by atoms with van der Waals surface area (Å²) in [5.74, 6) is 0.389. The van der Waals surface area contributed by atoms with Crippen molar-refractivity contribution >= 4 is 11.6 Å². The SMILES string of the molecule is CCn1nccc1C(O)(CCCl)c1ccccc1. The lowest BCUT2D eigenvalue weighted by atomic mass is 9.88. The highest BCUT2D eigenvalue weighted by Gasteiger charge is 2.33. The third-order valence-electron chi connectivity index (χ3n) is 3.15. The van der Waals surface area contributed by atoms with Crippen LogP contribution in [-0.4, -0.2) is 20.8 Å². The first-order chi connectivity index (χ1) is 8.72. The second-order valence-electron chi connectivity index (χ2n) is 4.20. The summed E-state index contributed by atoms with van der Waals surface area (Å²) in [7, 11) is 0. The van der Waals surface area contributed by atoms with Gasteiger partial charge in [-0.05, 0) is 25.0 Å². The first kappa shape index (κ1) is 13.1. The van der Waals surface area contributed by atoms with Gasteiger partial charge in [0.2, 0.25) is 0 Å². The predicted molar refractivity (Wildman–Crippen MR) is 72.7 cm³/mol. The van der Waals surface area contributed by atoms with E-state index < -0.39 is 5.60 Å². The highest BCUT2D eigenvalue weighted by atomic mass is 35.5. The molecule has 1 aromatic carbocycles. The van der Waals surface area contributed by atoms with E-state index in [4.69, 9.17) is 11.6 Å². The zero-order valence-corrected chi connectivity index (χ0v) is 11.1. The van der Waals surface area contributed by atoms with E-state index in [0.717, 1.165) is 17.8 Å². The molecule has 1 aromatic heterocycles. The van der Waals surface area contributed by atoms with Crippen LogP contribution in [0.1, 0.15) is 24.6 Å². The van der Waals surface area contributed by atoms with Gasteiger partial charge in [0.15, 0.2) is 0 Å². The van der Waals surface area contributed by atoms with E-state index in [1.54, 1.807) is 10.9 Å². The van der Waals surface area contributed by atoms with Crippen LogP contribution in [0.2, 0.25) is 0 Å². The molecule has 0 saturated heterocycles. The molecule has 1 N–H and O–H groups in total. The Morgan fingerprint density at radius 2 is 2.00 bits per heavy atom. The van der Waals surface area contributed by atoms with E-state index >= 15 is 0 Å². The van der Waals surface area contributed by atoms with Gasteiger partial charge in [-0.2, -0.15) is 5.10 Å². The second kappa shape index (κ2) is 5.55. The summed E-state index contributed by atoms with van der Waals surface area (Å²) in [4.78, 5) is 0. The van der Waals surface area contributed by atoms with E-state index in [1.807, 2.05) is 43.3 Å². The standard InChI is InChI=1S/C14H17ClN2O/c1-2-17-13(8-11-16-17)14(18,9-10-15)12-6-4-3-5-7-12/h3-8,11,18H,2,9-10H2,1H3. The molecule has 0 aliphatic heterocycles. The largest absolute Gasteiger partial charge is 0.379 e. The molecule has 96 valence electrons. The van der Waals surface area contributed by atoms with Gasteiger partial charge in [0.05, 0.1) is 5.69 Å². The number of aromatic nitrogens is 2. The van der Waals surface area contributed by atoms with Crippen LogP contribution in [0.5, 0.6) is 0 Å². The van der Waals surface area contributed by atoms with Crippen LogP contribution < -0.4 is 0 Å². The van der Waals surface area contributed by atoms with Crippen molar-refractivity contribution in [2.45, 2.75) is 25.5 Å². The lowest BCUT2D eigenvalue weighted by molar-refractivity contribution is 0.0676. The van der Waals surface area contributed by atoms with Gasteiger partial charge in [-0.3, -0.25) is 4.68 Å². The molecule has 0 fully saturated rings. The van der Waals surface area contributed by atoms with Gasteiger partial charge in [0.1, 0.15) is 5.60 Å². The Labute approximate surface area is 112 Å². The molecule has 0 bridgehead atoms. The van der Waals surface area contributed by atoms with Crippen molar-refractivity contribution in [1.29, 1.82) is 0 Å². The van der Waals surface area contributed by atoms with Crippen molar-refractivity contribution in [3.05, 3.63) is 53.9 Å². The number of rotatable bonds is 5. The van der Waals surface area contributed by atoms with Crippen LogP contribution in [0.3, 0.4) is 0 Å². The molecule has 2 aromatic rings. The molecule has 3 nitrogen and oxygen atoms in total. The lowest BCUT2D eigenvalue weighted by Crippen LogP contribution is -2.31. The van der Waals surface area contributed by atoms with E-state index in [1.165, 1.54) is 0 Å². The highest BCUT2D eigenvalue weighted by molar-refractivity contribution is 6.17. The molecule has 0 aliphatic rings. The Morgan fingerprint density at radius 3 is 2.61 bits per heavy atom. The van der Waals surface area contributed by atoms with Crippen molar-refractivity contribution in [2.24, 2.45) is 0 Å². The number of alkyl halides is 1. The van der Waals surface area contributed by atoms with Crippen molar-refractivity contribution < 1.29 is 5.11 Å². The predicted octanol–water partition coefficient (Wildman–Crippen LogP) is 2.77. The summed E-state index contributed by atoms with van der Waals surface area (Å²) in [5, 5.41) is 15.2. The fraction of sp³-hybridized carbons (Fsp3) is 0.357.